The first kappa shape index (κ1) is 12.6. The first-order chi connectivity index (χ1) is 7.26. The van der Waals surface area contributed by atoms with Crippen molar-refractivity contribution in [3.8, 4) is 0 Å². The number of hydrogen-bond donors (Lipinski definition) is 2. The van der Waals surface area contributed by atoms with Gasteiger partial charge >= 0.3 is 0 Å². The molecule has 3 nitrogen and oxygen atoms in total. The van der Waals surface area contributed by atoms with E-state index in [2.05, 4.69) is 24.1 Å². The van der Waals surface area contributed by atoms with Crippen LogP contribution in [0.15, 0.2) is 6.20 Å². The Morgan fingerprint density at radius 1 is 1.60 bits per heavy atom. The van der Waals surface area contributed by atoms with Crippen LogP contribution < -0.4 is 5.32 Å². The van der Waals surface area contributed by atoms with Gasteiger partial charge in [0.2, 0.25) is 0 Å². The van der Waals surface area contributed by atoms with Crippen LogP contribution >= 0.6 is 11.3 Å². The summed E-state index contributed by atoms with van der Waals surface area (Å²) < 4.78 is 0. The van der Waals surface area contributed by atoms with Crippen molar-refractivity contribution in [2.45, 2.75) is 45.7 Å². The number of hydrogen-bond acceptors (Lipinski definition) is 4. The Labute approximate surface area is 95.6 Å². The van der Waals surface area contributed by atoms with Gasteiger partial charge in [-0.15, -0.1) is 11.3 Å². The van der Waals surface area contributed by atoms with Crippen LogP contribution in [0.5, 0.6) is 0 Å². The lowest BCUT2D eigenvalue weighted by Gasteiger charge is -2.11. The Hall–Kier alpha value is -0.450. The van der Waals surface area contributed by atoms with Gasteiger partial charge in [0.05, 0.1) is 5.01 Å². The summed E-state index contributed by atoms with van der Waals surface area (Å²) in [5, 5.41) is 13.3. The standard InChI is InChI=1S/C11H20N2OS/c1-3-11-13-8-10(15-11)7-12-9(2)5-4-6-14/h8-9,12,14H,3-7H2,1-2H3. The maximum atomic E-state index is 8.70. The van der Waals surface area contributed by atoms with Crippen LogP contribution in [-0.2, 0) is 13.0 Å². The Morgan fingerprint density at radius 3 is 3.00 bits per heavy atom. The lowest BCUT2D eigenvalue weighted by atomic mass is 10.2. The average Bonchev–Trinajstić information content (AvgIpc) is 2.71. The fraction of sp³-hybridized carbons (Fsp3) is 0.727. The summed E-state index contributed by atoms with van der Waals surface area (Å²) in [5.74, 6) is 0. The largest absolute Gasteiger partial charge is 0.396 e. The minimum atomic E-state index is 0.284. The van der Waals surface area contributed by atoms with Gasteiger partial charge in [-0.25, -0.2) is 4.98 Å². The number of thiazole rings is 1. The van der Waals surface area contributed by atoms with Crippen molar-refractivity contribution in [2.24, 2.45) is 0 Å². The Kier molecular flexibility index (Phi) is 5.83. The van der Waals surface area contributed by atoms with Crippen molar-refractivity contribution < 1.29 is 5.11 Å². The molecular formula is C11H20N2OS. The lowest BCUT2D eigenvalue weighted by Crippen LogP contribution is -2.25. The second-order valence-corrected chi connectivity index (χ2v) is 4.92. The summed E-state index contributed by atoms with van der Waals surface area (Å²) in [7, 11) is 0. The third-order valence-corrected chi connectivity index (χ3v) is 3.47. The molecule has 1 aromatic rings. The maximum Gasteiger partial charge on any atom is 0.0925 e. The van der Waals surface area contributed by atoms with Crippen molar-refractivity contribution in [3.63, 3.8) is 0 Å². The first-order valence-corrected chi connectivity index (χ1v) is 6.35. The van der Waals surface area contributed by atoms with E-state index >= 15 is 0 Å². The van der Waals surface area contributed by atoms with Crippen molar-refractivity contribution >= 4 is 11.3 Å². The Morgan fingerprint density at radius 2 is 2.40 bits per heavy atom. The van der Waals surface area contributed by atoms with Crippen LogP contribution in [0.25, 0.3) is 0 Å². The number of rotatable bonds is 7. The molecule has 0 fully saturated rings. The van der Waals surface area contributed by atoms with Crippen LogP contribution in [-0.4, -0.2) is 22.7 Å². The molecule has 0 aliphatic rings. The van der Waals surface area contributed by atoms with E-state index in [9.17, 15) is 0 Å². The van der Waals surface area contributed by atoms with Gasteiger partial charge in [-0.05, 0) is 26.2 Å². The van der Waals surface area contributed by atoms with Crippen molar-refractivity contribution in [1.82, 2.24) is 10.3 Å². The molecule has 15 heavy (non-hydrogen) atoms. The molecule has 0 aliphatic carbocycles. The molecule has 0 saturated carbocycles. The lowest BCUT2D eigenvalue weighted by molar-refractivity contribution is 0.276. The van der Waals surface area contributed by atoms with Crippen LogP contribution in [0, 0.1) is 0 Å². The number of nitrogens with zero attached hydrogens (tertiary/aromatic N) is 1. The van der Waals surface area contributed by atoms with E-state index in [1.807, 2.05) is 6.20 Å². The number of aryl methyl sites for hydroxylation is 1. The molecule has 0 radical (unpaired) electrons. The molecule has 0 saturated heterocycles. The van der Waals surface area contributed by atoms with E-state index in [1.165, 1.54) is 9.88 Å². The van der Waals surface area contributed by atoms with Crippen LogP contribution in [0.2, 0.25) is 0 Å². The predicted molar refractivity (Wildman–Crippen MR) is 64.1 cm³/mol. The van der Waals surface area contributed by atoms with Gasteiger partial charge in [-0.1, -0.05) is 6.92 Å². The summed E-state index contributed by atoms with van der Waals surface area (Å²) in [5.41, 5.74) is 0. The van der Waals surface area contributed by atoms with Gasteiger partial charge in [-0.3, -0.25) is 0 Å². The van der Waals surface area contributed by atoms with E-state index in [4.69, 9.17) is 5.11 Å². The quantitative estimate of drug-likeness (QED) is 0.750. The predicted octanol–water partition coefficient (Wildman–Crippen LogP) is 1.96. The Bertz CT molecular complexity index is 275. The molecule has 1 rings (SSSR count). The van der Waals surface area contributed by atoms with E-state index in [1.54, 1.807) is 11.3 Å². The molecule has 1 heterocycles. The number of aliphatic hydroxyl groups is 1. The minimum Gasteiger partial charge on any atom is -0.396 e. The second-order valence-electron chi connectivity index (χ2n) is 3.72. The maximum absolute atomic E-state index is 8.70. The van der Waals surface area contributed by atoms with Crippen molar-refractivity contribution in [1.29, 1.82) is 0 Å². The van der Waals surface area contributed by atoms with E-state index in [-0.39, 0.29) is 6.61 Å². The highest BCUT2D eigenvalue weighted by atomic mass is 32.1. The fourth-order valence-electron chi connectivity index (χ4n) is 1.37. The third kappa shape index (κ3) is 4.73. The zero-order valence-corrected chi connectivity index (χ0v) is 10.3. The number of nitrogens with one attached hydrogen (secondary N) is 1. The molecular weight excluding hydrogens is 208 g/mol. The van der Waals surface area contributed by atoms with Gasteiger partial charge in [0.25, 0.3) is 0 Å². The second kappa shape index (κ2) is 6.93. The van der Waals surface area contributed by atoms with Gasteiger partial charge in [0.15, 0.2) is 0 Å². The molecule has 1 atom stereocenters. The van der Waals surface area contributed by atoms with E-state index in [0.717, 1.165) is 25.8 Å². The zero-order chi connectivity index (χ0) is 11.1. The highest BCUT2D eigenvalue weighted by Gasteiger charge is 2.03. The number of aliphatic hydroxyl groups excluding tert-OH is 1. The minimum absolute atomic E-state index is 0.284. The first-order valence-electron chi connectivity index (χ1n) is 5.54. The summed E-state index contributed by atoms with van der Waals surface area (Å²) >= 11 is 1.78. The fourth-order valence-corrected chi connectivity index (χ4v) is 2.18. The molecule has 2 N–H and O–H groups in total. The van der Waals surface area contributed by atoms with Gasteiger partial charge in [-0.2, -0.15) is 0 Å². The molecule has 1 aromatic heterocycles. The molecule has 0 bridgehead atoms. The monoisotopic (exact) mass is 228 g/mol. The summed E-state index contributed by atoms with van der Waals surface area (Å²) in [6.07, 6.45) is 4.87. The molecule has 0 aliphatic heterocycles. The molecule has 4 heteroatoms. The average molecular weight is 228 g/mol. The topological polar surface area (TPSA) is 45.2 Å². The molecule has 1 unspecified atom stereocenters. The smallest absolute Gasteiger partial charge is 0.0925 e. The van der Waals surface area contributed by atoms with Gasteiger partial charge in [0, 0.05) is 30.3 Å². The van der Waals surface area contributed by atoms with Gasteiger partial charge in [0.1, 0.15) is 0 Å². The third-order valence-electron chi connectivity index (χ3n) is 2.32. The van der Waals surface area contributed by atoms with Gasteiger partial charge < -0.3 is 10.4 Å². The molecule has 0 amide bonds. The molecule has 86 valence electrons. The Balaban J connectivity index is 2.24. The van der Waals surface area contributed by atoms with E-state index in [0.29, 0.717) is 6.04 Å². The van der Waals surface area contributed by atoms with Crippen molar-refractivity contribution in [2.75, 3.05) is 6.61 Å². The SMILES string of the molecule is CCc1ncc(CNC(C)CCCO)s1. The highest BCUT2D eigenvalue weighted by molar-refractivity contribution is 7.11. The van der Waals surface area contributed by atoms with Crippen LogP contribution in [0.1, 0.15) is 36.6 Å². The van der Waals surface area contributed by atoms with Crippen LogP contribution in [0.4, 0.5) is 0 Å². The molecule has 0 aromatic carbocycles. The highest BCUT2D eigenvalue weighted by Crippen LogP contribution is 2.13. The number of aromatic nitrogens is 1. The van der Waals surface area contributed by atoms with Crippen LogP contribution in [0.3, 0.4) is 0 Å². The normalized spacial score (nSPS) is 13.0. The summed E-state index contributed by atoms with van der Waals surface area (Å²) in [4.78, 5) is 5.61. The summed E-state index contributed by atoms with van der Waals surface area (Å²) in [6, 6.07) is 0.462. The van der Waals surface area contributed by atoms with Crippen molar-refractivity contribution in [3.05, 3.63) is 16.1 Å². The van der Waals surface area contributed by atoms with E-state index < -0.39 is 0 Å². The zero-order valence-electron chi connectivity index (χ0n) is 9.49. The summed E-state index contributed by atoms with van der Waals surface area (Å²) in [6.45, 7) is 5.45. The molecule has 0 spiro atoms.